The summed E-state index contributed by atoms with van der Waals surface area (Å²) >= 11 is 0. The molecule has 1 N–H and O–H groups in total. The summed E-state index contributed by atoms with van der Waals surface area (Å²) < 4.78 is 13.2. The zero-order valence-corrected chi connectivity index (χ0v) is 11.5. The molecule has 0 aliphatic carbocycles. The minimum Gasteiger partial charge on any atom is -0.381 e. The first-order valence-electron chi connectivity index (χ1n) is 7.05. The highest BCUT2D eigenvalue weighted by atomic mass is 16.5. The summed E-state index contributed by atoms with van der Waals surface area (Å²) in [5, 5.41) is 7.85. The van der Waals surface area contributed by atoms with Crippen molar-refractivity contribution in [3.63, 3.8) is 0 Å². The van der Waals surface area contributed by atoms with Crippen LogP contribution in [-0.4, -0.2) is 46.2 Å². The van der Waals surface area contributed by atoms with Crippen molar-refractivity contribution in [1.29, 1.82) is 0 Å². The van der Waals surface area contributed by atoms with Crippen LogP contribution in [0.2, 0.25) is 0 Å². The van der Waals surface area contributed by atoms with Gasteiger partial charge >= 0.3 is 0 Å². The molecule has 1 aromatic heterocycles. The summed E-state index contributed by atoms with van der Waals surface area (Å²) in [6.07, 6.45) is 5.92. The van der Waals surface area contributed by atoms with E-state index < -0.39 is 0 Å². The molecule has 1 aromatic rings. The van der Waals surface area contributed by atoms with E-state index in [1.54, 1.807) is 11.0 Å². The number of rotatable bonds is 3. The van der Waals surface area contributed by atoms with Crippen LogP contribution in [-0.2, 0) is 23.1 Å². The number of aryl methyl sites for hydroxylation is 1. The Morgan fingerprint density at radius 3 is 3.00 bits per heavy atom. The third-order valence-electron chi connectivity index (χ3n) is 4.09. The lowest BCUT2D eigenvalue weighted by Gasteiger charge is -2.43. The van der Waals surface area contributed by atoms with Crippen LogP contribution >= 0.6 is 0 Å². The Kier molecular flexibility index (Phi) is 3.81. The van der Waals surface area contributed by atoms with Crippen molar-refractivity contribution in [3.8, 4) is 0 Å². The van der Waals surface area contributed by atoms with E-state index in [4.69, 9.17) is 9.47 Å². The normalized spacial score (nSPS) is 26.7. The van der Waals surface area contributed by atoms with Gasteiger partial charge in [-0.1, -0.05) is 0 Å². The molecular weight excluding hydrogens is 244 g/mol. The minimum absolute atomic E-state index is 0.0473. The van der Waals surface area contributed by atoms with E-state index in [-0.39, 0.29) is 5.60 Å². The number of hydrogen-bond donors (Lipinski definition) is 1. The van der Waals surface area contributed by atoms with Crippen LogP contribution in [0.3, 0.4) is 0 Å². The van der Waals surface area contributed by atoms with Gasteiger partial charge in [0.15, 0.2) is 5.82 Å². The van der Waals surface area contributed by atoms with Crippen molar-refractivity contribution >= 4 is 0 Å². The molecule has 2 saturated heterocycles. The second-order valence-electron chi connectivity index (χ2n) is 5.55. The SMILES string of the molecule is Cn1cnc(CNC2CCOC3(CCOCC3)C2)n1. The summed E-state index contributed by atoms with van der Waals surface area (Å²) in [6, 6.07) is 0.496. The first kappa shape index (κ1) is 13.0. The summed E-state index contributed by atoms with van der Waals surface area (Å²) in [6.45, 7) is 3.23. The van der Waals surface area contributed by atoms with E-state index in [0.29, 0.717) is 6.04 Å². The summed E-state index contributed by atoms with van der Waals surface area (Å²) in [5.41, 5.74) is 0.0473. The van der Waals surface area contributed by atoms with Crippen LogP contribution in [0, 0.1) is 0 Å². The maximum atomic E-state index is 6.04. The second kappa shape index (κ2) is 5.56. The lowest BCUT2D eigenvalue weighted by molar-refractivity contribution is -0.140. The molecule has 6 nitrogen and oxygen atoms in total. The van der Waals surface area contributed by atoms with Crippen LogP contribution in [0.1, 0.15) is 31.5 Å². The number of nitrogens with one attached hydrogen (secondary N) is 1. The van der Waals surface area contributed by atoms with Crippen LogP contribution in [0.5, 0.6) is 0 Å². The molecule has 1 unspecified atom stereocenters. The largest absolute Gasteiger partial charge is 0.381 e. The van der Waals surface area contributed by atoms with E-state index in [2.05, 4.69) is 15.4 Å². The van der Waals surface area contributed by atoms with Gasteiger partial charge in [0.25, 0.3) is 0 Å². The van der Waals surface area contributed by atoms with Gasteiger partial charge in [-0.2, -0.15) is 5.10 Å². The van der Waals surface area contributed by atoms with Crippen LogP contribution in [0.4, 0.5) is 0 Å². The van der Waals surface area contributed by atoms with Gasteiger partial charge in [0.2, 0.25) is 0 Å². The Balaban J connectivity index is 1.53. The molecule has 3 heterocycles. The van der Waals surface area contributed by atoms with Crippen molar-refractivity contribution in [2.45, 2.75) is 43.9 Å². The molecule has 0 radical (unpaired) electrons. The number of hydrogen-bond acceptors (Lipinski definition) is 5. The van der Waals surface area contributed by atoms with E-state index in [0.717, 1.165) is 57.9 Å². The first-order chi connectivity index (χ1) is 9.26. The molecule has 1 atom stereocenters. The minimum atomic E-state index is 0.0473. The van der Waals surface area contributed by atoms with Crippen LogP contribution in [0.25, 0.3) is 0 Å². The smallest absolute Gasteiger partial charge is 0.164 e. The van der Waals surface area contributed by atoms with E-state index in [9.17, 15) is 0 Å². The van der Waals surface area contributed by atoms with E-state index in [1.807, 2.05) is 7.05 Å². The third kappa shape index (κ3) is 3.13. The maximum absolute atomic E-state index is 6.04. The lowest BCUT2D eigenvalue weighted by atomic mass is 9.84. The van der Waals surface area contributed by atoms with Gasteiger partial charge < -0.3 is 14.8 Å². The highest BCUT2D eigenvalue weighted by Crippen LogP contribution is 2.34. The molecule has 0 bridgehead atoms. The Morgan fingerprint density at radius 2 is 2.26 bits per heavy atom. The Morgan fingerprint density at radius 1 is 1.42 bits per heavy atom. The standard InChI is InChI=1S/C13H22N4O2/c1-17-10-15-12(16-17)9-14-11-2-5-19-13(8-11)3-6-18-7-4-13/h10-11,14H,2-9H2,1H3. The predicted octanol–water partition coefficient (Wildman–Crippen LogP) is 0.633. The zero-order chi connectivity index (χ0) is 13.1. The Bertz CT molecular complexity index is 409. The molecule has 0 aromatic carbocycles. The summed E-state index contributed by atoms with van der Waals surface area (Å²) in [4.78, 5) is 4.24. The average Bonchev–Trinajstić information content (AvgIpc) is 2.83. The monoisotopic (exact) mass is 266 g/mol. The first-order valence-corrected chi connectivity index (χ1v) is 7.05. The van der Waals surface area contributed by atoms with E-state index >= 15 is 0 Å². The highest BCUT2D eigenvalue weighted by molar-refractivity contribution is 4.92. The Hall–Kier alpha value is -0.980. The number of aromatic nitrogens is 3. The average molecular weight is 266 g/mol. The van der Waals surface area contributed by atoms with Gasteiger partial charge in [0.1, 0.15) is 6.33 Å². The van der Waals surface area contributed by atoms with Crippen molar-refractivity contribution in [2.24, 2.45) is 7.05 Å². The van der Waals surface area contributed by atoms with Gasteiger partial charge in [0.05, 0.1) is 12.1 Å². The van der Waals surface area contributed by atoms with Gasteiger partial charge in [-0.25, -0.2) is 4.98 Å². The maximum Gasteiger partial charge on any atom is 0.164 e. The molecule has 19 heavy (non-hydrogen) atoms. The highest BCUT2D eigenvalue weighted by Gasteiger charge is 2.38. The zero-order valence-electron chi connectivity index (χ0n) is 11.5. The molecule has 0 amide bonds. The topological polar surface area (TPSA) is 61.2 Å². The number of nitrogens with zero attached hydrogens (tertiary/aromatic N) is 3. The Labute approximate surface area is 113 Å². The number of ether oxygens (including phenoxy) is 2. The molecule has 6 heteroatoms. The quantitative estimate of drug-likeness (QED) is 0.869. The second-order valence-corrected chi connectivity index (χ2v) is 5.55. The summed E-state index contributed by atoms with van der Waals surface area (Å²) in [5.74, 6) is 0.856. The molecule has 0 saturated carbocycles. The fourth-order valence-electron chi connectivity index (χ4n) is 2.99. The van der Waals surface area contributed by atoms with Gasteiger partial charge in [-0.3, -0.25) is 4.68 Å². The fraction of sp³-hybridized carbons (Fsp3) is 0.846. The predicted molar refractivity (Wildman–Crippen MR) is 69.6 cm³/mol. The molecular formula is C13H22N4O2. The van der Waals surface area contributed by atoms with Gasteiger partial charge in [-0.05, 0) is 25.7 Å². The molecule has 2 aliphatic heterocycles. The van der Waals surface area contributed by atoms with Crippen LogP contribution in [0.15, 0.2) is 6.33 Å². The van der Waals surface area contributed by atoms with Crippen molar-refractivity contribution in [3.05, 3.63) is 12.2 Å². The van der Waals surface area contributed by atoms with E-state index in [1.165, 1.54) is 0 Å². The van der Waals surface area contributed by atoms with Crippen molar-refractivity contribution < 1.29 is 9.47 Å². The third-order valence-corrected chi connectivity index (χ3v) is 4.09. The van der Waals surface area contributed by atoms with Crippen LogP contribution < -0.4 is 5.32 Å². The molecule has 1 spiro atoms. The molecule has 106 valence electrons. The van der Waals surface area contributed by atoms with Crippen molar-refractivity contribution in [2.75, 3.05) is 19.8 Å². The molecule has 3 rings (SSSR count). The molecule has 2 aliphatic rings. The summed E-state index contributed by atoms with van der Waals surface area (Å²) in [7, 11) is 1.89. The van der Waals surface area contributed by atoms with Gasteiger partial charge in [0, 0.05) is 32.9 Å². The van der Waals surface area contributed by atoms with Crippen molar-refractivity contribution in [1.82, 2.24) is 20.1 Å². The van der Waals surface area contributed by atoms with Gasteiger partial charge in [-0.15, -0.1) is 0 Å². The fourth-order valence-corrected chi connectivity index (χ4v) is 2.99. The molecule has 2 fully saturated rings. The lowest BCUT2D eigenvalue weighted by Crippen LogP contribution is -2.49.